The molecule has 2 aromatic heterocycles. The number of amides is 1. The minimum atomic E-state index is 0.118. The average Bonchev–Trinajstić information content (AvgIpc) is 3.39. The Morgan fingerprint density at radius 2 is 2.15 bits per heavy atom. The van der Waals surface area contributed by atoms with Gasteiger partial charge in [0.2, 0.25) is 11.1 Å². The van der Waals surface area contributed by atoms with E-state index in [1.165, 1.54) is 11.8 Å². The topological polar surface area (TPSA) is 89.3 Å². The van der Waals surface area contributed by atoms with Crippen LogP contribution in [0.1, 0.15) is 12.8 Å². The molecule has 1 atom stereocenters. The largest absolute Gasteiger partial charge is 0.376 e. The highest BCUT2D eigenvalue weighted by molar-refractivity contribution is 7.99. The maximum atomic E-state index is 12.6. The van der Waals surface area contributed by atoms with E-state index < -0.39 is 0 Å². The minimum Gasteiger partial charge on any atom is -0.376 e. The van der Waals surface area contributed by atoms with E-state index in [-0.39, 0.29) is 12.0 Å². The van der Waals surface area contributed by atoms with Crippen molar-refractivity contribution in [3.63, 3.8) is 0 Å². The number of piperazine rings is 1. The summed E-state index contributed by atoms with van der Waals surface area (Å²) in [4.78, 5) is 21.0. The van der Waals surface area contributed by atoms with Gasteiger partial charge in [-0.25, -0.2) is 9.67 Å². The van der Waals surface area contributed by atoms with Crippen molar-refractivity contribution in [3.8, 4) is 0 Å². The van der Waals surface area contributed by atoms with E-state index in [0.717, 1.165) is 38.4 Å². The number of hydrogen-bond acceptors (Lipinski definition) is 8. The van der Waals surface area contributed by atoms with Crippen molar-refractivity contribution in [1.29, 1.82) is 0 Å². The number of rotatable bonds is 6. The van der Waals surface area contributed by atoms with Crippen molar-refractivity contribution >= 4 is 23.5 Å². The first-order valence-corrected chi connectivity index (χ1v) is 10.2. The quantitative estimate of drug-likeness (QED) is 0.667. The summed E-state index contributed by atoms with van der Waals surface area (Å²) < 4.78 is 7.38. The minimum absolute atomic E-state index is 0.118. The maximum Gasteiger partial charge on any atom is 0.233 e. The highest BCUT2D eigenvalue weighted by Crippen LogP contribution is 2.19. The second-order valence-electron chi connectivity index (χ2n) is 6.62. The molecule has 0 saturated carbocycles. The molecule has 10 heteroatoms. The Balaban J connectivity index is 1.25. The predicted octanol–water partition coefficient (Wildman–Crippen LogP) is 0.688. The average molecular weight is 389 g/mol. The molecule has 2 aliphatic rings. The number of carbonyl (C=O) groups is 1. The summed E-state index contributed by atoms with van der Waals surface area (Å²) in [5, 5.41) is 12.5. The van der Waals surface area contributed by atoms with Crippen molar-refractivity contribution in [3.05, 3.63) is 24.4 Å². The van der Waals surface area contributed by atoms with Crippen LogP contribution in [0.15, 0.2) is 29.6 Å². The number of anilines is 1. The van der Waals surface area contributed by atoms with E-state index in [4.69, 9.17) is 4.74 Å². The van der Waals surface area contributed by atoms with Gasteiger partial charge >= 0.3 is 0 Å². The van der Waals surface area contributed by atoms with E-state index in [2.05, 4.69) is 25.4 Å². The zero-order chi connectivity index (χ0) is 18.5. The smallest absolute Gasteiger partial charge is 0.233 e. The Morgan fingerprint density at radius 3 is 2.89 bits per heavy atom. The van der Waals surface area contributed by atoms with Crippen molar-refractivity contribution in [2.24, 2.45) is 0 Å². The van der Waals surface area contributed by atoms with Gasteiger partial charge in [-0.15, -0.1) is 5.10 Å². The molecule has 2 fully saturated rings. The zero-order valence-electron chi connectivity index (χ0n) is 15.1. The van der Waals surface area contributed by atoms with Crippen LogP contribution in [-0.2, 0) is 16.1 Å². The monoisotopic (exact) mass is 389 g/mol. The lowest BCUT2D eigenvalue weighted by Crippen LogP contribution is -2.49. The summed E-state index contributed by atoms with van der Waals surface area (Å²) in [5.41, 5.74) is 0. The number of tetrazole rings is 1. The van der Waals surface area contributed by atoms with Crippen LogP contribution in [0.4, 0.5) is 5.82 Å². The molecule has 0 N–H and O–H groups in total. The fourth-order valence-electron chi connectivity index (χ4n) is 3.34. The van der Waals surface area contributed by atoms with Gasteiger partial charge < -0.3 is 14.5 Å². The summed E-state index contributed by atoms with van der Waals surface area (Å²) in [7, 11) is 0. The fourth-order valence-corrected chi connectivity index (χ4v) is 4.13. The zero-order valence-corrected chi connectivity index (χ0v) is 15.9. The van der Waals surface area contributed by atoms with Crippen LogP contribution in [0.25, 0.3) is 0 Å². The van der Waals surface area contributed by atoms with Gasteiger partial charge in [-0.2, -0.15) is 0 Å². The summed E-state index contributed by atoms with van der Waals surface area (Å²) in [6, 6.07) is 5.89. The summed E-state index contributed by atoms with van der Waals surface area (Å²) >= 11 is 1.39. The number of ether oxygens (including phenoxy) is 1. The van der Waals surface area contributed by atoms with E-state index in [1.807, 2.05) is 23.1 Å². The van der Waals surface area contributed by atoms with Gasteiger partial charge in [0.15, 0.2) is 0 Å². The molecule has 0 spiro atoms. The molecule has 0 aromatic carbocycles. The van der Waals surface area contributed by atoms with E-state index in [1.54, 1.807) is 10.9 Å². The summed E-state index contributed by atoms with van der Waals surface area (Å²) in [6.07, 6.45) is 4.08. The lowest BCUT2D eigenvalue weighted by Gasteiger charge is -2.35. The third kappa shape index (κ3) is 4.56. The van der Waals surface area contributed by atoms with Gasteiger partial charge in [0.25, 0.3) is 0 Å². The lowest BCUT2D eigenvalue weighted by atomic mass is 10.2. The first-order chi connectivity index (χ1) is 13.3. The SMILES string of the molecule is O=C(CSc1nnnn1CC1CCCO1)N1CCN(c2ccccn2)CC1. The number of nitrogens with zero attached hydrogens (tertiary/aromatic N) is 7. The lowest BCUT2D eigenvalue weighted by molar-refractivity contribution is -0.128. The summed E-state index contributed by atoms with van der Waals surface area (Å²) in [6.45, 7) is 4.45. The highest BCUT2D eigenvalue weighted by Gasteiger charge is 2.23. The maximum absolute atomic E-state index is 12.6. The standard InChI is InChI=1S/C17H23N7O2S/c25-16(23-9-7-22(8-10-23)15-5-1-2-6-18-15)13-27-17-19-20-21-24(17)12-14-4-3-11-26-14/h1-2,5-6,14H,3-4,7-13H2. The van der Waals surface area contributed by atoms with Crippen molar-refractivity contribution in [2.75, 3.05) is 43.4 Å². The molecule has 2 saturated heterocycles. The van der Waals surface area contributed by atoms with Crippen LogP contribution >= 0.6 is 11.8 Å². The molecule has 0 aliphatic carbocycles. The van der Waals surface area contributed by atoms with Gasteiger partial charge in [0, 0.05) is 39.0 Å². The first kappa shape index (κ1) is 18.2. The first-order valence-electron chi connectivity index (χ1n) is 9.24. The fraction of sp³-hybridized carbons (Fsp3) is 0.588. The number of hydrogen-bond donors (Lipinski definition) is 0. The number of pyridine rings is 1. The number of aromatic nitrogens is 5. The number of thioether (sulfide) groups is 1. The van der Waals surface area contributed by atoms with Crippen molar-refractivity contribution in [1.82, 2.24) is 30.1 Å². The predicted molar refractivity (Wildman–Crippen MR) is 101 cm³/mol. The van der Waals surface area contributed by atoms with Gasteiger partial charge in [-0.3, -0.25) is 4.79 Å². The molecular formula is C17H23N7O2S. The molecule has 144 valence electrons. The molecule has 1 unspecified atom stereocenters. The van der Waals surface area contributed by atoms with Crippen LogP contribution < -0.4 is 4.90 Å². The summed E-state index contributed by atoms with van der Waals surface area (Å²) in [5.74, 6) is 1.43. The molecule has 2 aliphatic heterocycles. The Hall–Kier alpha value is -2.20. The third-order valence-electron chi connectivity index (χ3n) is 4.83. The van der Waals surface area contributed by atoms with Crippen LogP contribution in [0.3, 0.4) is 0 Å². The van der Waals surface area contributed by atoms with Gasteiger partial charge in [0.1, 0.15) is 5.82 Å². The van der Waals surface area contributed by atoms with Gasteiger partial charge in [0.05, 0.1) is 18.4 Å². The van der Waals surface area contributed by atoms with E-state index in [9.17, 15) is 4.79 Å². The second-order valence-corrected chi connectivity index (χ2v) is 7.57. The molecule has 2 aromatic rings. The van der Waals surface area contributed by atoms with Crippen molar-refractivity contribution in [2.45, 2.75) is 30.6 Å². The van der Waals surface area contributed by atoms with Gasteiger partial charge in [-0.1, -0.05) is 17.8 Å². The number of carbonyl (C=O) groups excluding carboxylic acids is 1. The molecule has 4 heterocycles. The van der Waals surface area contributed by atoms with Crippen LogP contribution in [0.2, 0.25) is 0 Å². The molecule has 1 amide bonds. The highest BCUT2D eigenvalue weighted by atomic mass is 32.2. The Kier molecular flexibility index (Phi) is 5.83. The third-order valence-corrected chi connectivity index (χ3v) is 5.77. The molecular weight excluding hydrogens is 366 g/mol. The Bertz CT molecular complexity index is 743. The van der Waals surface area contributed by atoms with Crippen LogP contribution in [-0.4, -0.2) is 80.6 Å². The molecule has 9 nitrogen and oxygen atoms in total. The molecule has 0 bridgehead atoms. The van der Waals surface area contributed by atoms with E-state index in [0.29, 0.717) is 30.5 Å². The molecule has 27 heavy (non-hydrogen) atoms. The van der Waals surface area contributed by atoms with Crippen LogP contribution in [0.5, 0.6) is 0 Å². The normalized spacial score (nSPS) is 20.2. The van der Waals surface area contributed by atoms with E-state index >= 15 is 0 Å². The van der Waals surface area contributed by atoms with Gasteiger partial charge in [-0.05, 0) is 35.4 Å². The van der Waals surface area contributed by atoms with Crippen molar-refractivity contribution < 1.29 is 9.53 Å². The molecule has 4 rings (SSSR count). The molecule has 0 radical (unpaired) electrons. The Morgan fingerprint density at radius 1 is 1.26 bits per heavy atom. The second kappa shape index (κ2) is 8.66. The van der Waals surface area contributed by atoms with Crippen LogP contribution in [0, 0.1) is 0 Å². The Labute approximate surface area is 162 Å².